The lowest BCUT2D eigenvalue weighted by Gasteiger charge is -2.26. The zero-order chi connectivity index (χ0) is 20.2. The summed E-state index contributed by atoms with van der Waals surface area (Å²) in [4.78, 5) is 9.29. The number of rotatable bonds is 7. The van der Waals surface area contributed by atoms with Gasteiger partial charge >= 0.3 is 0 Å². The van der Waals surface area contributed by atoms with Gasteiger partial charge in [0.25, 0.3) is 0 Å². The number of likely N-dealkylation sites (tertiary alicyclic amines) is 1. The van der Waals surface area contributed by atoms with Crippen molar-refractivity contribution in [2.24, 2.45) is 4.99 Å². The van der Waals surface area contributed by atoms with Gasteiger partial charge in [0.2, 0.25) is 0 Å². The predicted octanol–water partition coefficient (Wildman–Crippen LogP) is 4.44. The standard InChI is InChI=1S/C24H28FN3O/c1-18-7-5-14-27(18)13-4-3-8-19-12-16-28-15-6-9-21(24(28)26-19)22-17-20(29-2)10-11-23(22)25/h6,9-11,17-18H,3-5,7-8,13-15H2,1-2H3/t18-/m1/s1. The molecule has 0 bridgehead atoms. The third kappa shape index (κ3) is 4.38. The second-order valence-corrected chi connectivity index (χ2v) is 7.88. The molecule has 0 aliphatic carbocycles. The zero-order valence-electron chi connectivity index (χ0n) is 17.2. The molecule has 1 aromatic carbocycles. The molecule has 1 atom stereocenters. The Bertz CT molecular complexity index is 922. The molecular formula is C24H28FN3O. The highest BCUT2D eigenvalue weighted by molar-refractivity contribution is 6.02. The van der Waals surface area contributed by atoms with Crippen LogP contribution in [0.2, 0.25) is 0 Å². The van der Waals surface area contributed by atoms with E-state index in [1.54, 1.807) is 19.2 Å². The number of nitrogens with zero attached hydrogens (tertiary/aromatic N) is 3. The normalized spacial score (nSPS) is 21.0. The summed E-state index contributed by atoms with van der Waals surface area (Å²) in [7, 11) is 1.59. The van der Waals surface area contributed by atoms with Crippen molar-refractivity contribution in [1.29, 1.82) is 0 Å². The number of benzene rings is 1. The molecule has 0 saturated carbocycles. The second kappa shape index (κ2) is 8.84. The van der Waals surface area contributed by atoms with Crippen molar-refractivity contribution in [2.75, 3.05) is 26.7 Å². The van der Waals surface area contributed by atoms with E-state index in [0.29, 0.717) is 17.9 Å². The molecular weight excluding hydrogens is 365 g/mol. The predicted molar refractivity (Wildman–Crippen MR) is 115 cm³/mol. The Labute approximate surface area is 172 Å². The van der Waals surface area contributed by atoms with Gasteiger partial charge in [0.1, 0.15) is 17.4 Å². The van der Waals surface area contributed by atoms with Crippen LogP contribution in [0.4, 0.5) is 4.39 Å². The molecule has 0 spiro atoms. The minimum Gasteiger partial charge on any atom is -0.497 e. The first-order valence-corrected chi connectivity index (χ1v) is 10.5. The highest BCUT2D eigenvalue weighted by atomic mass is 19.1. The minimum absolute atomic E-state index is 0.283. The highest BCUT2D eigenvalue weighted by Gasteiger charge is 2.22. The molecule has 0 unspecified atom stereocenters. The summed E-state index contributed by atoms with van der Waals surface area (Å²) in [6.07, 6.45) is 9.66. The number of ether oxygens (including phenoxy) is 1. The number of unbranched alkanes of at least 4 members (excludes halogenated alkanes) is 1. The van der Waals surface area contributed by atoms with Gasteiger partial charge in [-0.3, -0.25) is 4.90 Å². The van der Waals surface area contributed by atoms with Gasteiger partial charge in [-0.15, -0.1) is 0 Å². The zero-order valence-corrected chi connectivity index (χ0v) is 17.2. The molecule has 4 rings (SSSR count). The van der Waals surface area contributed by atoms with Crippen LogP contribution in [0.1, 0.15) is 44.6 Å². The number of methoxy groups -OCH3 is 1. The average Bonchev–Trinajstić information content (AvgIpc) is 3.16. The first-order chi connectivity index (χ1) is 14.2. The van der Waals surface area contributed by atoms with Crippen molar-refractivity contribution in [2.45, 2.75) is 45.1 Å². The Kier molecular flexibility index (Phi) is 6.01. The van der Waals surface area contributed by atoms with Gasteiger partial charge in [-0.2, -0.15) is 0 Å². The van der Waals surface area contributed by atoms with Gasteiger partial charge in [-0.05, 0) is 76.2 Å². The van der Waals surface area contributed by atoms with E-state index in [1.165, 1.54) is 25.5 Å². The summed E-state index contributed by atoms with van der Waals surface area (Å²) < 4.78 is 19.8. The molecule has 0 N–H and O–H groups in total. The molecule has 0 aromatic heterocycles. The van der Waals surface area contributed by atoms with E-state index in [-0.39, 0.29) is 5.82 Å². The molecule has 3 aliphatic rings. The molecule has 1 aromatic rings. The number of aliphatic imine (C=N–C) groups is 1. The monoisotopic (exact) mass is 393 g/mol. The SMILES string of the molecule is COc1ccc(F)c(C2=C3N=C(CCCCN4CCC[C@H]4C)C#CN3CC=C2)c1. The van der Waals surface area contributed by atoms with E-state index in [4.69, 9.17) is 9.73 Å². The molecule has 0 amide bonds. The molecule has 0 radical (unpaired) electrons. The van der Waals surface area contributed by atoms with Crippen LogP contribution in [0, 0.1) is 17.8 Å². The summed E-state index contributed by atoms with van der Waals surface area (Å²) in [5.41, 5.74) is 2.14. The van der Waals surface area contributed by atoms with Gasteiger partial charge in [-0.1, -0.05) is 12.2 Å². The summed E-state index contributed by atoms with van der Waals surface area (Å²) >= 11 is 0. The van der Waals surface area contributed by atoms with Gasteiger partial charge < -0.3 is 9.64 Å². The fourth-order valence-corrected chi connectivity index (χ4v) is 4.19. The van der Waals surface area contributed by atoms with E-state index in [1.807, 2.05) is 17.1 Å². The Morgan fingerprint density at radius 1 is 1.31 bits per heavy atom. The average molecular weight is 394 g/mol. The molecule has 5 heteroatoms. The van der Waals surface area contributed by atoms with Gasteiger partial charge in [0.05, 0.1) is 19.4 Å². The number of halogens is 1. The van der Waals surface area contributed by atoms with Crippen LogP contribution in [0.25, 0.3) is 5.57 Å². The summed E-state index contributed by atoms with van der Waals surface area (Å²) in [5.74, 6) is 4.27. The fourth-order valence-electron chi connectivity index (χ4n) is 4.19. The maximum absolute atomic E-state index is 14.5. The maximum atomic E-state index is 14.5. The van der Waals surface area contributed by atoms with E-state index >= 15 is 0 Å². The molecule has 1 saturated heterocycles. The molecule has 152 valence electrons. The van der Waals surface area contributed by atoms with Crippen molar-refractivity contribution in [1.82, 2.24) is 9.80 Å². The Hall–Kier alpha value is -2.58. The van der Waals surface area contributed by atoms with Crippen LogP contribution in [-0.4, -0.2) is 48.3 Å². The van der Waals surface area contributed by atoms with Crippen molar-refractivity contribution >= 4 is 11.3 Å². The van der Waals surface area contributed by atoms with Crippen LogP contribution >= 0.6 is 0 Å². The third-order valence-corrected chi connectivity index (χ3v) is 5.91. The first-order valence-electron chi connectivity index (χ1n) is 10.5. The summed E-state index contributed by atoms with van der Waals surface area (Å²) in [6, 6.07) is 8.69. The molecule has 3 heterocycles. The van der Waals surface area contributed by atoms with Gasteiger partial charge in [0, 0.05) is 23.2 Å². The van der Waals surface area contributed by atoms with Crippen LogP contribution < -0.4 is 4.74 Å². The van der Waals surface area contributed by atoms with Crippen molar-refractivity contribution in [3.63, 3.8) is 0 Å². The van der Waals surface area contributed by atoms with Crippen LogP contribution in [-0.2, 0) is 0 Å². The minimum atomic E-state index is -0.283. The number of hydrogen-bond acceptors (Lipinski definition) is 4. The summed E-state index contributed by atoms with van der Waals surface area (Å²) in [5, 5.41) is 0. The Morgan fingerprint density at radius 3 is 3.00 bits per heavy atom. The van der Waals surface area contributed by atoms with Crippen molar-refractivity contribution in [3.05, 3.63) is 47.6 Å². The van der Waals surface area contributed by atoms with Gasteiger partial charge in [-0.25, -0.2) is 9.38 Å². The van der Waals surface area contributed by atoms with Gasteiger partial charge in [0.15, 0.2) is 0 Å². The Morgan fingerprint density at radius 2 is 2.21 bits per heavy atom. The molecule has 3 aliphatic heterocycles. The molecule has 4 nitrogen and oxygen atoms in total. The van der Waals surface area contributed by atoms with E-state index < -0.39 is 0 Å². The van der Waals surface area contributed by atoms with Crippen molar-refractivity contribution in [3.8, 4) is 17.7 Å². The molecule has 29 heavy (non-hydrogen) atoms. The van der Waals surface area contributed by atoms with Crippen LogP contribution in [0.5, 0.6) is 5.75 Å². The summed E-state index contributed by atoms with van der Waals surface area (Å²) in [6.45, 7) is 5.37. The fraction of sp³-hybridized carbons (Fsp3) is 0.458. The molecule has 1 fully saturated rings. The van der Waals surface area contributed by atoms with Crippen LogP contribution in [0.15, 0.2) is 41.2 Å². The van der Waals surface area contributed by atoms with Crippen LogP contribution in [0.3, 0.4) is 0 Å². The second-order valence-electron chi connectivity index (χ2n) is 7.88. The number of allylic oxidation sites excluding steroid dienone is 2. The number of fused-ring (bicyclic) bond motifs is 1. The number of hydrogen-bond donors (Lipinski definition) is 0. The smallest absolute Gasteiger partial charge is 0.149 e. The lowest BCUT2D eigenvalue weighted by atomic mass is 10.0. The lowest BCUT2D eigenvalue weighted by molar-refractivity contribution is 0.264. The lowest BCUT2D eigenvalue weighted by Crippen LogP contribution is -2.28. The maximum Gasteiger partial charge on any atom is 0.149 e. The first kappa shape index (κ1) is 19.7. The Balaban J connectivity index is 1.49. The quantitative estimate of drug-likeness (QED) is 0.506. The van der Waals surface area contributed by atoms with E-state index in [2.05, 4.69) is 23.8 Å². The van der Waals surface area contributed by atoms with E-state index in [0.717, 1.165) is 49.0 Å². The van der Waals surface area contributed by atoms with E-state index in [9.17, 15) is 4.39 Å². The highest BCUT2D eigenvalue weighted by Crippen LogP contribution is 2.32. The largest absolute Gasteiger partial charge is 0.497 e. The van der Waals surface area contributed by atoms with Crippen molar-refractivity contribution < 1.29 is 9.13 Å². The third-order valence-electron chi connectivity index (χ3n) is 5.91. The topological polar surface area (TPSA) is 28.1 Å².